The molecule has 1 N–H and O–H groups in total. The molecule has 0 unspecified atom stereocenters. The van der Waals surface area contributed by atoms with Gasteiger partial charge in [-0.1, -0.05) is 12.1 Å². The largest absolute Gasteiger partial charge is 0.416 e. The molecule has 5 rings (SSSR count). The molecule has 3 aromatic rings. The number of carbonyl (C=O) groups excluding carboxylic acids is 2. The van der Waals surface area contributed by atoms with Crippen LogP contribution in [0.3, 0.4) is 0 Å². The minimum Gasteiger partial charge on any atom is -0.353 e. The number of benzene rings is 2. The number of hydrogen-bond donors (Lipinski definition) is 1. The molecule has 7 nitrogen and oxygen atoms in total. The van der Waals surface area contributed by atoms with Gasteiger partial charge in [-0.3, -0.25) is 14.3 Å². The fourth-order valence-electron chi connectivity index (χ4n) is 4.82. The van der Waals surface area contributed by atoms with Crippen molar-refractivity contribution in [3.05, 3.63) is 69.8 Å². The SMILES string of the molecule is CC(=O)NC1CCN(C2=NC(=O)/C(=C/c3ccc4c(cnn4Cc4ccc(C(F)(F)F)cc4C(F)(F)F)c3)S2)CC1. The molecule has 216 valence electrons. The van der Waals surface area contributed by atoms with Crippen LogP contribution in [0.15, 0.2) is 52.5 Å². The van der Waals surface area contributed by atoms with E-state index in [1.807, 2.05) is 4.90 Å². The van der Waals surface area contributed by atoms with E-state index in [1.54, 1.807) is 24.3 Å². The molecule has 2 aromatic carbocycles. The molecule has 0 spiro atoms. The number of nitrogens with zero attached hydrogens (tertiary/aromatic N) is 4. The zero-order valence-electron chi connectivity index (χ0n) is 21.5. The smallest absolute Gasteiger partial charge is 0.353 e. The topological polar surface area (TPSA) is 79.6 Å². The van der Waals surface area contributed by atoms with Gasteiger partial charge >= 0.3 is 12.4 Å². The summed E-state index contributed by atoms with van der Waals surface area (Å²) in [7, 11) is 0. The lowest BCUT2D eigenvalue weighted by Gasteiger charge is -2.32. The Morgan fingerprint density at radius 1 is 1.07 bits per heavy atom. The molecule has 2 amide bonds. The maximum Gasteiger partial charge on any atom is 0.416 e. The van der Waals surface area contributed by atoms with Crippen molar-refractivity contribution in [1.29, 1.82) is 0 Å². The van der Waals surface area contributed by atoms with Gasteiger partial charge in [0.2, 0.25) is 5.91 Å². The van der Waals surface area contributed by atoms with Crippen LogP contribution in [0.2, 0.25) is 0 Å². The van der Waals surface area contributed by atoms with Gasteiger partial charge in [-0.25, -0.2) is 0 Å². The van der Waals surface area contributed by atoms with Gasteiger partial charge in [-0.2, -0.15) is 36.4 Å². The highest BCUT2D eigenvalue weighted by molar-refractivity contribution is 8.18. The van der Waals surface area contributed by atoms with E-state index in [1.165, 1.54) is 29.6 Å². The van der Waals surface area contributed by atoms with Crippen LogP contribution in [0.4, 0.5) is 26.3 Å². The third kappa shape index (κ3) is 6.42. The van der Waals surface area contributed by atoms with Crippen molar-refractivity contribution >= 4 is 45.7 Å². The first-order chi connectivity index (χ1) is 19.3. The second kappa shape index (κ2) is 10.9. The van der Waals surface area contributed by atoms with Gasteiger partial charge in [0.15, 0.2) is 5.17 Å². The highest BCUT2D eigenvalue weighted by Crippen LogP contribution is 2.38. The number of nitrogens with one attached hydrogen (secondary N) is 1. The van der Waals surface area contributed by atoms with Crippen molar-refractivity contribution in [1.82, 2.24) is 20.0 Å². The Morgan fingerprint density at radius 3 is 2.46 bits per heavy atom. The molecule has 1 saturated heterocycles. The summed E-state index contributed by atoms with van der Waals surface area (Å²) >= 11 is 1.25. The number of fused-ring (bicyclic) bond motifs is 1. The van der Waals surface area contributed by atoms with Crippen LogP contribution in [0.25, 0.3) is 17.0 Å². The number of likely N-dealkylation sites (tertiary alicyclic amines) is 1. The monoisotopic (exact) mass is 595 g/mol. The Balaban J connectivity index is 1.31. The van der Waals surface area contributed by atoms with E-state index in [0.717, 1.165) is 18.9 Å². The van der Waals surface area contributed by atoms with Gasteiger partial charge < -0.3 is 10.2 Å². The summed E-state index contributed by atoms with van der Waals surface area (Å²) in [4.78, 5) is 30.4. The molecular formula is C27H23F6N5O2S. The summed E-state index contributed by atoms with van der Waals surface area (Å²) < 4.78 is 81.1. The molecule has 14 heteroatoms. The lowest BCUT2D eigenvalue weighted by molar-refractivity contribution is -0.143. The van der Waals surface area contributed by atoms with Gasteiger partial charge in [0.05, 0.1) is 34.3 Å². The molecule has 0 atom stereocenters. The van der Waals surface area contributed by atoms with Crippen LogP contribution in [-0.4, -0.2) is 50.8 Å². The Morgan fingerprint density at radius 2 is 1.80 bits per heavy atom. The molecule has 0 bridgehead atoms. The predicted octanol–water partition coefficient (Wildman–Crippen LogP) is 5.69. The summed E-state index contributed by atoms with van der Waals surface area (Å²) in [6.45, 7) is 2.39. The van der Waals surface area contributed by atoms with Gasteiger partial charge in [0, 0.05) is 31.4 Å². The number of thioether (sulfide) groups is 1. The summed E-state index contributed by atoms with van der Waals surface area (Å²) in [5.74, 6) is -0.462. The first-order valence-electron chi connectivity index (χ1n) is 12.6. The van der Waals surface area contributed by atoms with E-state index in [4.69, 9.17) is 0 Å². The Kier molecular flexibility index (Phi) is 7.62. The average molecular weight is 596 g/mol. The standard InChI is InChI=1S/C27H23F6N5O2S/c1-15(39)35-20-6-8-37(9-7-20)25-36-24(40)23(41-25)11-16-2-5-22-18(10-16)13-34-38(22)14-17-3-4-19(26(28,29)30)12-21(17)27(31,32)33/h2-5,10-13,20H,6-9,14H2,1H3,(H,35,39)/b23-11-. The molecular weight excluding hydrogens is 572 g/mol. The fraction of sp³-hybridized carbons (Fsp3) is 0.333. The number of amides is 2. The van der Waals surface area contributed by atoms with Crippen molar-refractivity contribution in [2.24, 2.45) is 4.99 Å². The normalized spacial score (nSPS) is 17.9. The molecule has 41 heavy (non-hydrogen) atoms. The summed E-state index contributed by atoms with van der Waals surface area (Å²) in [6.07, 6.45) is -5.29. The van der Waals surface area contributed by atoms with Crippen molar-refractivity contribution in [2.75, 3.05) is 13.1 Å². The van der Waals surface area contributed by atoms with Gasteiger partial charge in [-0.05, 0) is 66.1 Å². The number of halogens is 6. The Labute approximate surface area is 234 Å². The Bertz CT molecular complexity index is 1570. The molecule has 2 aliphatic rings. The third-order valence-electron chi connectivity index (χ3n) is 6.81. The minimum atomic E-state index is -4.98. The van der Waals surface area contributed by atoms with E-state index in [0.29, 0.717) is 45.7 Å². The molecule has 1 fully saturated rings. The Hall–Kier alpha value is -3.81. The van der Waals surface area contributed by atoms with E-state index in [-0.39, 0.29) is 36.0 Å². The van der Waals surface area contributed by atoms with Crippen LogP contribution in [-0.2, 0) is 28.5 Å². The number of amidine groups is 1. The average Bonchev–Trinajstić information content (AvgIpc) is 3.45. The second-order valence-corrected chi connectivity index (χ2v) is 10.8. The summed E-state index contributed by atoms with van der Waals surface area (Å²) in [5.41, 5.74) is -1.97. The number of rotatable bonds is 4. The number of aromatic nitrogens is 2. The zero-order valence-corrected chi connectivity index (χ0v) is 22.3. The summed E-state index contributed by atoms with van der Waals surface area (Å²) in [6, 6.07) is 6.67. The maximum absolute atomic E-state index is 13.6. The molecule has 0 saturated carbocycles. The van der Waals surface area contributed by atoms with Crippen molar-refractivity contribution in [3.8, 4) is 0 Å². The number of alkyl halides is 6. The number of piperidine rings is 1. The quantitative estimate of drug-likeness (QED) is 0.310. The van der Waals surface area contributed by atoms with Crippen LogP contribution in [0.1, 0.15) is 42.0 Å². The van der Waals surface area contributed by atoms with Crippen molar-refractivity contribution in [3.63, 3.8) is 0 Å². The molecule has 0 radical (unpaired) electrons. The zero-order chi connectivity index (χ0) is 29.5. The van der Waals surface area contributed by atoms with Gasteiger partial charge in [-0.15, -0.1) is 0 Å². The van der Waals surface area contributed by atoms with E-state index in [2.05, 4.69) is 15.4 Å². The van der Waals surface area contributed by atoms with Crippen LogP contribution in [0, 0.1) is 0 Å². The van der Waals surface area contributed by atoms with Crippen LogP contribution in [0.5, 0.6) is 0 Å². The van der Waals surface area contributed by atoms with E-state index < -0.39 is 23.5 Å². The third-order valence-corrected chi connectivity index (χ3v) is 7.85. The number of carbonyl (C=O) groups is 2. The molecule has 0 aliphatic carbocycles. The van der Waals surface area contributed by atoms with Crippen molar-refractivity contribution < 1.29 is 35.9 Å². The van der Waals surface area contributed by atoms with Crippen molar-refractivity contribution in [2.45, 2.75) is 44.7 Å². The predicted molar refractivity (Wildman–Crippen MR) is 142 cm³/mol. The molecule has 2 aliphatic heterocycles. The van der Waals surface area contributed by atoms with E-state index >= 15 is 0 Å². The van der Waals surface area contributed by atoms with Crippen LogP contribution < -0.4 is 5.32 Å². The lowest BCUT2D eigenvalue weighted by Crippen LogP contribution is -2.45. The maximum atomic E-state index is 13.6. The lowest BCUT2D eigenvalue weighted by atomic mass is 10.0. The minimum absolute atomic E-state index is 0.0791. The van der Waals surface area contributed by atoms with E-state index in [9.17, 15) is 35.9 Å². The second-order valence-electron chi connectivity index (χ2n) is 9.76. The fourth-order valence-corrected chi connectivity index (χ4v) is 5.79. The number of hydrogen-bond acceptors (Lipinski definition) is 5. The van der Waals surface area contributed by atoms with Gasteiger partial charge in [0.25, 0.3) is 5.91 Å². The molecule has 3 heterocycles. The highest BCUT2D eigenvalue weighted by Gasteiger charge is 2.38. The molecule has 1 aromatic heterocycles. The highest BCUT2D eigenvalue weighted by atomic mass is 32.2. The van der Waals surface area contributed by atoms with Gasteiger partial charge in [0.1, 0.15) is 0 Å². The summed E-state index contributed by atoms with van der Waals surface area (Å²) in [5, 5.41) is 8.22. The number of aliphatic imine (C=N–C) groups is 1. The first kappa shape index (κ1) is 28.7. The first-order valence-corrected chi connectivity index (χ1v) is 13.4. The van der Waals surface area contributed by atoms with Crippen LogP contribution >= 0.6 is 11.8 Å².